The number of sulfonamides is 1. The number of nitrogens with one attached hydrogen (secondary N) is 3. The lowest BCUT2D eigenvalue weighted by Gasteiger charge is -2.26. The summed E-state index contributed by atoms with van der Waals surface area (Å²) >= 11 is 5.13. The van der Waals surface area contributed by atoms with Crippen LogP contribution in [0, 0.1) is 4.77 Å². The van der Waals surface area contributed by atoms with E-state index in [0.29, 0.717) is 24.3 Å². The van der Waals surface area contributed by atoms with Gasteiger partial charge in [0.1, 0.15) is 5.82 Å². The van der Waals surface area contributed by atoms with Crippen molar-refractivity contribution in [2.45, 2.75) is 24.8 Å². The summed E-state index contributed by atoms with van der Waals surface area (Å²) in [6.07, 6.45) is 0.480. The number of amides is 2. The average Bonchev–Trinajstić information content (AvgIpc) is 3.07. The third kappa shape index (κ3) is 4.71. The molecular weight excluding hydrogens is 416 g/mol. The van der Waals surface area contributed by atoms with Crippen LogP contribution < -0.4 is 10.6 Å². The van der Waals surface area contributed by atoms with E-state index in [0.717, 1.165) is 10.1 Å². The van der Waals surface area contributed by atoms with Crippen LogP contribution in [-0.4, -0.2) is 65.5 Å². The summed E-state index contributed by atoms with van der Waals surface area (Å²) in [6.45, 7) is 3.16. The van der Waals surface area contributed by atoms with E-state index in [2.05, 4.69) is 20.8 Å². The maximum atomic E-state index is 12.8. The smallest absolute Gasteiger partial charge is 0.251 e. The number of rotatable bonds is 7. The fraction of sp³-hybridized carbons (Fsp3) is 0.412. The van der Waals surface area contributed by atoms with Crippen LogP contribution in [0.2, 0.25) is 0 Å². The van der Waals surface area contributed by atoms with Crippen molar-refractivity contribution in [1.29, 1.82) is 0 Å². The largest absolute Gasteiger partial charge is 0.354 e. The number of aromatic amines is 1. The number of H-pyrrole nitrogens is 1. The van der Waals surface area contributed by atoms with Crippen molar-refractivity contribution in [2.24, 2.45) is 0 Å². The average molecular weight is 439 g/mol. The molecule has 10 nitrogen and oxygen atoms in total. The van der Waals surface area contributed by atoms with E-state index in [4.69, 9.17) is 12.2 Å². The van der Waals surface area contributed by atoms with Crippen molar-refractivity contribution in [3.05, 3.63) is 40.4 Å². The number of carbonyl (C=O) groups excluding carboxylic acids is 2. The molecule has 1 fully saturated rings. The van der Waals surface area contributed by atoms with Gasteiger partial charge in [0, 0.05) is 38.2 Å². The first-order valence-corrected chi connectivity index (χ1v) is 11.0. The van der Waals surface area contributed by atoms with Crippen LogP contribution in [0.4, 0.5) is 0 Å². The Kier molecular flexibility index (Phi) is 6.45. The number of hydrogen-bond acceptors (Lipinski definition) is 6. The van der Waals surface area contributed by atoms with E-state index in [9.17, 15) is 18.0 Å². The maximum Gasteiger partial charge on any atom is 0.251 e. The van der Waals surface area contributed by atoms with Gasteiger partial charge in [0.15, 0.2) is 4.77 Å². The van der Waals surface area contributed by atoms with Crippen molar-refractivity contribution in [3.8, 4) is 0 Å². The van der Waals surface area contributed by atoms with E-state index in [1.807, 2.05) is 11.5 Å². The molecule has 1 aliphatic heterocycles. The SMILES string of the molecule is CCn1c(CCNC(=O)c2cccc(S(=O)(=O)N3CCNC(=O)C3)c2)n[nH]c1=S. The molecule has 0 spiro atoms. The standard InChI is InChI=1S/C17H22N6O4S2/c1-2-23-14(20-21-17(23)28)6-7-19-16(25)12-4-3-5-13(10-12)29(26,27)22-9-8-18-15(24)11-22/h3-5,10H,2,6-9,11H2,1H3,(H,18,24)(H,19,25)(H,21,28). The third-order valence-corrected chi connectivity index (χ3v) is 6.68. The first kappa shape index (κ1) is 21.1. The molecule has 1 aromatic heterocycles. The monoisotopic (exact) mass is 438 g/mol. The zero-order valence-corrected chi connectivity index (χ0v) is 17.5. The highest BCUT2D eigenvalue weighted by atomic mass is 32.2. The molecule has 156 valence electrons. The molecular formula is C17H22N6O4S2. The Morgan fingerprint density at radius 1 is 1.38 bits per heavy atom. The lowest BCUT2D eigenvalue weighted by atomic mass is 10.2. The third-order valence-electron chi connectivity index (χ3n) is 4.53. The Labute approximate surface area is 173 Å². The van der Waals surface area contributed by atoms with E-state index in [-0.39, 0.29) is 36.0 Å². The lowest BCUT2D eigenvalue weighted by molar-refractivity contribution is -0.122. The molecule has 3 N–H and O–H groups in total. The van der Waals surface area contributed by atoms with Gasteiger partial charge < -0.3 is 15.2 Å². The quantitative estimate of drug-likeness (QED) is 0.524. The van der Waals surface area contributed by atoms with Gasteiger partial charge >= 0.3 is 0 Å². The van der Waals surface area contributed by atoms with Crippen LogP contribution in [-0.2, 0) is 27.8 Å². The van der Waals surface area contributed by atoms with Gasteiger partial charge in [0.25, 0.3) is 5.91 Å². The van der Waals surface area contributed by atoms with Crippen molar-refractivity contribution in [2.75, 3.05) is 26.2 Å². The summed E-state index contributed by atoms with van der Waals surface area (Å²) in [5.74, 6) is -0.00762. The Morgan fingerprint density at radius 3 is 2.90 bits per heavy atom. The van der Waals surface area contributed by atoms with Gasteiger partial charge in [0.2, 0.25) is 15.9 Å². The van der Waals surface area contributed by atoms with Crippen molar-refractivity contribution in [3.63, 3.8) is 0 Å². The van der Waals surface area contributed by atoms with Crippen LogP contribution in [0.3, 0.4) is 0 Å². The van der Waals surface area contributed by atoms with Gasteiger partial charge in [-0.25, -0.2) is 8.42 Å². The Bertz CT molecular complexity index is 1080. The second-order valence-corrected chi connectivity index (χ2v) is 8.74. The zero-order valence-electron chi connectivity index (χ0n) is 15.8. The summed E-state index contributed by atoms with van der Waals surface area (Å²) in [4.78, 5) is 24.0. The fourth-order valence-electron chi connectivity index (χ4n) is 3.02. The second kappa shape index (κ2) is 8.84. The highest BCUT2D eigenvalue weighted by Gasteiger charge is 2.29. The van der Waals surface area contributed by atoms with Gasteiger partial charge in [-0.05, 0) is 37.3 Å². The first-order chi connectivity index (χ1) is 13.8. The van der Waals surface area contributed by atoms with E-state index in [1.54, 1.807) is 6.07 Å². The van der Waals surface area contributed by atoms with Crippen LogP contribution in [0.15, 0.2) is 29.2 Å². The Hall–Kier alpha value is -2.57. The van der Waals surface area contributed by atoms with Gasteiger partial charge in [-0.3, -0.25) is 14.7 Å². The molecule has 0 unspecified atom stereocenters. The minimum absolute atomic E-state index is 0.0216. The first-order valence-electron chi connectivity index (χ1n) is 9.12. The van der Waals surface area contributed by atoms with Crippen molar-refractivity contribution < 1.29 is 18.0 Å². The van der Waals surface area contributed by atoms with Crippen LogP contribution >= 0.6 is 12.2 Å². The normalized spacial score (nSPS) is 15.1. The predicted octanol–water partition coefficient (Wildman–Crippen LogP) is 0.0536. The molecule has 1 saturated heterocycles. The van der Waals surface area contributed by atoms with E-state index < -0.39 is 15.9 Å². The summed E-state index contributed by atoms with van der Waals surface area (Å²) in [7, 11) is -3.86. The number of nitrogens with zero attached hydrogens (tertiary/aromatic N) is 3. The van der Waals surface area contributed by atoms with E-state index in [1.165, 1.54) is 18.2 Å². The van der Waals surface area contributed by atoms with Gasteiger partial charge in [-0.1, -0.05) is 6.07 Å². The molecule has 0 atom stereocenters. The number of benzene rings is 1. The summed E-state index contributed by atoms with van der Waals surface area (Å²) in [6, 6.07) is 5.78. The molecule has 2 heterocycles. The molecule has 12 heteroatoms. The van der Waals surface area contributed by atoms with Crippen LogP contribution in [0.1, 0.15) is 23.1 Å². The van der Waals surface area contributed by atoms with Crippen LogP contribution in [0.5, 0.6) is 0 Å². The molecule has 3 rings (SSSR count). The van der Waals surface area contributed by atoms with Crippen molar-refractivity contribution >= 4 is 34.1 Å². The van der Waals surface area contributed by atoms with Crippen molar-refractivity contribution in [1.82, 2.24) is 29.7 Å². The Balaban J connectivity index is 1.67. The summed E-state index contributed by atoms with van der Waals surface area (Å²) in [5, 5.41) is 12.2. The molecule has 0 bridgehead atoms. The summed E-state index contributed by atoms with van der Waals surface area (Å²) < 4.78 is 29.0. The number of aromatic nitrogens is 3. The summed E-state index contributed by atoms with van der Waals surface area (Å²) in [5.41, 5.74) is 0.224. The zero-order chi connectivity index (χ0) is 21.0. The molecule has 0 saturated carbocycles. The van der Waals surface area contributed by atoms with Gasteiger partial charge in [-0.15, -0.1) is 0 Å². The molecule has 2 aromatic rings. The maximum absolute atomic E-state index is 12.8. The highest BCUT2D eigenvalue weighted by Crippen LogP contribution is 2.18. The topological polar surface area (TPSA) is 129 Å². The minimum Gasteiger partial charge on any atom is -0.354 e. The number of hydrogen-bond donors (Lipinski definition) is 3. The fourth-order valence-corrected chi connectivity index (χ4v) is 4.75. The Morgan fingerprint density at radius 2 is 2.17 bits per heavy atom. The predicted molar refractivity (Wildman–Crippen MR) is 107 cm³/mol. The van der Waals surface area contributed by atoms with Gasteiger partial charge in [0.05, 0.1) is 11.4 Å². The molecule has 29 heavy (non-hydrogen) atoms. The molecule has 0 radical (unpaired) electrons. The van der Waals surface area contributed by atoms with Crippen LogP contribution in [0.25, 0.3) is 0 Å². The van der Waals surface area contributed by atoms with Gasteiger partial charge in [-0.2, -0.15) is 9.40 Å². The molecule has 0 aliphatic carbocycles. The van der Waals surface area contributed by atoms with E-state index >= 15 is 0 Å². The molecule has 2 amide bonds. The number of carbonyl (C=O) groups is 2. The molecule has 1 aliphatic rings. The highest BCUT2D eigenvalue weighted by molar-refractivity contribution is 7.89. The lowest BCUT2D eigenvalue weighted by Crippen LogP contribution is -2.49. The molecule has 1 aromatic carbocycles. The second-order valence-electron chi connectivity index (χ2n) is 6.41. The minimum atomic E-state index is -3.86. The number of piperazine rings is 1.